The summed E-state index contributed by atoms with van der Waals surface area (Å²) in [5.41, 5.74) is 0. The van der Waals surface area contributed by atoms with Gasteiger partial charge in [-0.15, -0.1) is 0 Å². The smallest absolute Gasteiger partial charge is 0.335 e. The van der Waals surface area contributed by atoms with E-state index in [-0.39, 0.29) is 25.9 Å². The van der Waals surface area contributed by atoms with E-state index in [2.05, 4.69) is 124 Å². The summed E-state index contributed by atoms with van der Waals surface area (Å²) in [6.07, 6.45) is 59.0. The van der Waals surface area contributed by atoms with Gasteiger partial charge in [0.2, 0.25) is 0 Å². The third-order valence-electron chi connectivity index (χ3n) is 12.5. The van der Waals surface area contributed by atoms with Crippen LogP contribution in [0, 0.1) is 0 Å². The van der Waals surface area contributed by atoms with Crippen molar-refractivity contribution < 1.29 is 58.2 Å². The Balaban J connectivity index is 2.77. The summed E-state index contributed by atoms with van der Waals surface area (Å²) in [5.74, 6) is -3.34. The lowest BCUT2D eigenvalue weighted by atomic mass is 9.98. The van der Waals surface area contributed by atoms with Crippen molar-refractivity contribution in [3.63, 3.8) is 0 Å². The van der Waals surface area contributed by atoms with Gasteiger partial charge in [0.1, 0.15) is 18.8 Å². The monoisotopic (exact) mass is 1070 g/mol. The molecule has 0 aromatic heterocycles. The summed E-state index contributed by atoms with van der Waals surface area (Å²) in [4.78, 5) is 51.1. The molecule has 0 saturated carbocycles. The molecular weight excluding hydrogens is 973 g/mol. The molecule has 0 radical (unpaired) electrons. The molecular formula is C65H102O12. The minimum Gasteiger partial charge on any atom is -0.479 e. The quantitative estimate of drug-likeness (QED) is 0.0228. The number of carbonyl (C=O) groups excluding carboxylic acids is 3. The molecule has 0 amide bonds. The summed E-state index contributed by atoms with van der Waals surface area (Å²) in [6.45, 7) is 5.64. The van der Waals surface area contributed by atoms with Crippen molar-refractivity contribution in [2.24, 2.45) is 0 Å². The number of carboxylic acid groups (broad SMARTS) is 1. The topological polar surface area (TPSA) is 175 Å². The lowest BCUT2D eigenvalue weighted by molar-refractivity contribution is -0.301. The van der Waals surface area contributed by atoms with Crippen molar-refractivity contribution in [3.8, 4) is 0 Å². The van der Waals surface area contributed by atoms with E-state index in [1.807, 2.05) is 12.2 Å². The Morgan fingerprint density at radius 2 is 0.857 bits per heavy atom. The average Bonchev–Trinajstić information content (AvgIpc) is 3.42. The predicted octanol–water partition coefficient (Wildman–Crippen LogP) is 15.2. The van der Waals surface area contributed by atoms with Crippen LogP contribution in [0.4, 0.5) is 0 Å². The van der Waals surface area contributed by atoms with Crippen molar-refractivity contribution in [1.29, 1.82) is 0 Å². The van der Waals surface area contributed by atoms with Crippen molar-refractivity contribution >= 4 is 23.9 Å². The molecule has 3 N–H and O–H groups in total. The maximum Gasteiger partial charge on any atom is 0.335 e. The number of unbranched alkanes of at least 4 members (excludes halogenated alkanes) is 15. The van der Waals surface area contributed by atoms with Gasteiger partial charge in [0.25, 0.3) is 0 Å². The van der Waals surface area contributed by atoms with Crippen LogP contribution in [0.25, 0.3) is 0 Å². The molecule has 0 aromatic rings. The van der Waals surface area contributed by atoms with Crippen LogP contribution in [0.1, 0.15) is 213 Å². The molecule has 1 aliphatic heterocycles. The van der Waals surface area contributed by atoms with Gasteiger partial charge in [0.05, 0.1) is 13.0 Å². The van der Waals surface area contributed by atoms with Gasteiger partial charge in [0.15, 0.2) is 24.6 Å². The summed E-state index contributed by atoms with van der Waals surface area (Å²) >= 11 is 0. The molecule has 77 heavy (non-hydrogen) atoms. The number of aliphatic hydroxyl groups excluding tert-OH is 2. The fourth-order valence-electron chi connectivity index (χ4n) is 8.07. The molecule has 6 atom stereocenters. The van der Waals surface area contributed by atoms with Gasteiger partial charge < -0.3 is 39.0 Å². The van der Waals surface area contributed by atoms with E-state index in [0.717, 1.165) is 116 Å². The van der Waals surface area contributed by atoms with E-state index in [0.29, 0.717) is 19.3 Å². The Morgan fingerprint density at radius 1 is 0.455 bits per heavy atom. The van der Waals surface area contributed by atoms with Crippen LogP contribution in [-0.4, -0.2) is 89.2 Å². The van der Waals surface area contributed by atoms with Crippen molar-refractivity contribution in [2.75, 3.05) is 13.2 Å². The molecule has 1 saturated heterocycles. The largest absolute Gasteiger partial charge is 0.479 e. The maximum atomic E-state index is 13.1. The van der Waals surface area contributed by atoms with Gasteiger partial charge in [0, 0.05) is 12.8 Å². The first-order valence-electron chi connectivity index (χ1n) is 29.5. The van der Waals surface area contributed by atoms with Gasteiger partial charge in [-0.1, -0.05) is 206 Å². The van der Waals surface area contributed by atoms with E-state index >= 15 is 0 Å². The van der Waals surface area contributed by atoms with Crippen LogP contribution in [0.15, 0.2) is 122 Å². The Bertz CT molecular complexity index is 1800. The first-order valence-corrected chi connectivity index (χ1v) is 29.5. The van der Waals surface area contributed by atoms with Crippen LogP contribution < -0.4 is 0 Å². The fraction of sp³-hybridized carbons (Fsp3) is 0.631. The van der Waals surface area contributed by atoms with Crippen LogP contribution in [0.5, 0.6) is 0 Å². The first-order chi connectivity index (χ1) is 37.6. The number of ether oxygens (including phenoxy) is 5. The van der Waals surface area contributed by atoms with E-state index in [9.17, 15) is 34.5 Å². The molecule has 1 aliphatic rings. The van der Waals surface area contributed by atoms with E-state index < -0.39 is 67.3 Å². The number of aliphatic hydroxyl groups is 2. The van der Waals surface area contributed by atoms with Crippen molar-refractivity contribution in [1.82, 2.24) is 0 Å². The van der Waals surface area contributed by atoms with Crippen LogP contribution >= 0.6 is 0 Å². The molecule has 0 bridgehead atoms. The van der Waals surface area contributed by atoms with Crippen molar-refractivity contribution in [2.45, 2.75) is 250 Å². The number of rotatable bonds is 48. The fourth-order valence-corrected chi connectivity index (χ4v) is 8.07. The Kier molecular flexibility index (Phi) is 47.2. The molecule has 0 aromatic carbocycles. The van der Waals surface area contributed by atoms with Gasteiger partial charge in [-0.25, -0.2) is 4.79 Å². The molecule has 0 aliphatic carbocycles. The first kappa shape index (κ1) is 70.1. The molecule has 1 heterocycles. The second kappa shape index (κ2) is 51.9. The highest BCUT2D eigenvalue weighted by Crippen LogP contribution is 2.26. The molecule has 1 fully saturated rings. The highest BCUT2D eigenvalue weighted by molar-refractivity contribution is 5.74. The number of carboxylic acids is 1. The van der Waals surface area contributed by atoms with E-state index in [4.69, 9.17) is 23.7 Å². The standard InChI is InChI=1S/C65H102O12/c1-4-7-10-13-16-19-22-25-28-29-32-35-38-41-44-47-50-53-59(68)76-63-61(70)60(69)62(64(71)72)77-65(63)74-55-56(75-58(67)52-49-46-43-40-37-34-31-27-24-21-18-15-12-9-6-3)54-73-57(66)51-48-45-42-39-36-33-30-26-23-20-17-14-11-8-5-2/h7-8,10-11,16-17,19-20,25-28,30-32,35-36,39,45,48,56,60-63,65,69-70H,4-6,9,12-15,18,21-24,29,33-34,37-38,40-44,46-47,49-55H2,1-3H3,(H,71,72)/b10-7-,11-8-,19-16-,20-17-,28-25-,30-26-,31-27-,35-32-,39-36-,48-45-. The third-order valence-corrected chi connectivity index (χ3v) is 12.5. The number of allylic oxidation sites excluding steroid dienone is 19. The molecule has 1 rings (SSSR count). The molecule has 434 valence electrons. The van der Waals surface area contributed by atoms with Gasteiger partial charge in [-0.05, 0) is 109 Å². The highest BCUT2D eigenvalue weighted by Gasteiger charge is 2.50. The lowest BCUT2D eigenvalue weighted by Gasteiger charge is -2.40. The molecule has 0 spiro atoms. The lowest BCUT2D eigenvalue weighted by Crippen LogP contribution is -2.61. The Morgan fingerprint density at radius 3 is 1.32 bits per heavy atom. The Hall–Kier alpha value is -4.88. The van der Waals surface area contributed by atoms with Crippen molar-refractivity contribution in [3.05, 3.63) is 122 Å². The minimum atomic E-state index is -1.93. The summed E-state index contributed by atoms with van der Waals surface area (Å²) in [6, 6.07) is 0. The summed E-state index contributed by atoms with van der Waals surface area (Å²) in [7, 11) is 0. The number of hydrogen-bond donors (Lipinski definition) is 3. The zero-order chi connectivity index (χ0) is 56.1. The third kappa shape index (κ3) is 41.8. The van der Waals surface area contributed by atoms with Crippen LogP contribution in [-0.2, 0) is 42.9 Å². The SMILES string of the molecule is CC/C=C\C/C=C\C/C=C\C/C=C\C/C=C\CC(=O)OCC(COC1OC(C(=O)O)C(O)C(O)C1OC(=O)CCCCCC/C=C\C/C=C\C/C=C\C/C=C\CC)OC(=O)CCCCCCC/C=C\CCCCCCCC. The Labute approximate surface area is 465 Å². The molecule has 12 heteroatoms. The predicted molar refractivity (Wildman–Crippen MR) is 312 cm³/mol. The normalized spacial score (nSPS) is 18.9. The maximum absolute atomic E-state index is 13.1. The summed E-state index contributed by atoms with van der Waals surface area (Å²) < 4.78 is 28.3. The van der Waals surface area contributed by atoms with Crippen LogP contribution in [0.3, 0.4) is 0 Å². The van der Waals surface area contributed by atoms with Gasteiger partial charge in [-0.3, -0.25) is 14.4 Å². The zero-order valence-corrected chi connectivity index (χ0v) is 47.7. The second-order valence-corrected chi connectivity index (χ2v) is 19.5. The number of aliphatic carboxylic acids is 1. The van der Waals surface area contributed by atoms with E-state index in [1.54, 1.807) is 6.08 Å². The van der Waals surface area contributed by atoms with Crippen LogP contribution in [0.2, 0.25) is 0 Å². The van der Waals surface area contributed by atoms with E-state index in [1.165, 1.54) is 38.5 Å². The summed E-state index contributed by atoms with van der Waals surface area (Å²) in [5, 5.41) is 31.5. The number of carbonyl (C=O) groups is 4. The average molecular weight is 1080 g/mol. The number of esters is 3. The molecule has 12 nitrogen and oxygen atoms in total. The van der Waals surface area contributed by atoms with Gasteiger partial charge >= 0.3 is 23.9 Å². The second-order valence-electron chi connectivity index (χ2n) is 19.5. The highest BCUT2D eigenvalue weighted by atomic mass is 16.7. The number of hydrogen-bond acceptors (Lipinski definition) is 11. The molecule has 6 unspecified atom stereocenters. The zero-order valence-electron chi connectivity index (χ0n) is 47.7. The minimum absolute atomic E-state index is 0.0167. The van der Waals surface area contributed by atoms with Gasteiger partial charge in [-0.2, -0.15) is 0 Å².